The van der Waals surface area contributed by atoms with Gasteiger partial charge in [-0.1, -0.05) is 53.7 Å². The lowest BCUT2D eigenvalue weighted by Gasteiger charge is -2.26. The van der Waals surface area contributed by atoms with Crippen LogP contribution in [0.4, 0.5) is 0 Å². The first-order valence-corrected chi connectivity index (χ1v) is 12.7. The SMILES string of the molecule is CC(CC1CC(c2ccc(-c3ccc(C4(CO)CC4)cc3)cc2)=NO1)(C(=O)NO)S(C)(=O)=O. The maximum Gasteiger partial charge on any atom is 0.264 e. The maximum absolute atomic E-state index is 12.2. The molecule has 3 N–H and O–H groups in total. The molecule has 0 bridgehead atoms. The van der Waals surface area contributed by atoms with E-state index in [1.165, 1.54) is 18.0 Å². The van der Waals surface area contributed by atoms with Crippen molar-refractivity contribution >= 4 is 21.5 Å². The van der Waals surface area contributed by atoms with Gasteiger partial charge in [0.2, 0.25) is 0 Å². The van der Waals surface area contributed by atoms with Gasteiger partial charge in [0, 0.05) is 24.5 Å². The summed E-state index contributed by atoms with van der Waals surface area (Å²) < 4.78 is 22.5. The third-order valence-corrected chi connectivity index (χ3v) is 8.94. The molecule has 2 atom stereocenters. The fourth-order valence-electron chi connectivity index (χ4n) is 4.23. The quantitative estimate of drug-likeness (QED) is 0.401. The first-order chi connectivity index (χ1) is 15.6. The molecule has 0 aromatic heterocycles. The van der Waals surface area contributed by atoms with Crippen LogP contribution in [0, 0.1) is 0 Å². The van der Waals surface area contributed by atoms with Crippen LogP contribution in [0.5, 0.6) is 0 Å². The summed E-state index contributed by atoms with van der Waals surface area (Å²) >= 11 is 0. The van der Waals surface area contributed by atoms with Gasteiger partial charge in [-0.3, -0.25) is 10.0 Å². The minimum Gasteiger partial charge on any atom is -0.395 e. The second-order valence-electron chi connectivity index (χ2n) is 9.21. The van der Waals surface area contributed by atoms with Crippen LogP contribution in [0.2, 0.25) is 0 Å². The lowest BCUT2D eigenvalue weighted by atomic mass is 9.93. The summed E-state index contributed by atoms with van der Waals surface area (Å²) in [5.41, 5.74) is 6.19. The highest BCUT2D eigenvalue weighted by atomic mass is 32.2. The molecule has 2 aromatic rings. The topological polar surface area (TPSA) is 125 Å². The average molecular weight is 473 g/mol. The molecule has 33 heavy (non-hydrogen) atoms. The zero-order chi connectivity index (χ0) is 23.9. The van der Waals surface area contributed by atoms with E-state index in [0.29, 0.717) is 12.1 Å². The van der Waals surface area contributed by atoms with Crippen molar-refractivity contribution in [1.29, 1.82) is 0 Å². The van der Waals surface area contributed by atoms with Crippen LogP contribution in [0.3, 0.4) is 0 Å². The molecule has 1 aliphatic carbocycles. The number of hydrogen-bond acceptors (Lipinski definition) is 7. The molecule has 8 nitrogen and oxygen atoms in total. The van der Waals surface area contributed by atoms with E-state index in [4.69, 9.17) is 10.0 Å². The number of sulfone groups is 1. The number of benzene rings is 2. The number of carbonyl (C=O) groups excluding carboxylic acids is 1. The van der Waals surface area contributed by atoms with Crippen LogP contribution in [-0.2, 0) is 24.9 Å². The summed E-state index contributed by atoms with van der Waals surface area (Å²) in [6.07, 6.45) is 2.61. The van der Waals surface area contributed by atoms with Crippen molar-refractivity contribution in [3.05, 3.63) is 59.7 Å². The van der Waals surface area contributed by atoms with Gasteiger partial charge in [-0.15, -0.1) is 0 Å². The van der Waals surface area contributed by atoms with Crippen LogP contribution in [0.1, 0.15) is 43.7 Å². The van der Waals surface area contributed by atoms with Crippen LogP contribution in [-0.4, -0.2) is 54.1 Å². The number of carbonyl (C=O) groups is 1. The summed E-state index contributed by atoms with van der Waals surface area (Å²) in [5.74, 6) is -0.996. The number of oxime groups is 1. The maximum atomic E-state index is 12.2. The van der Waals surface area contributed by atoms with Gasteiger partial charge in [0.15, 0.2) is 14.6 Å². The highest BCUT2D eigenvalue weighted by Gasteiger charge is 2.47. The van der Waals surface area contributed by atoms with Crippen molar-refractivity contribution in [2.24, 2.45) is 5.16 Å². The Balaban J connectivity index is 1.43. The number of hydroxylamine groups is 1. The zero-order valence-corrected chi connectivity index (χ0v) is 19.4. The Bertz CT molecular complexity index is 1170. The van der Waals surface area contributed by atoms with Gasteiger partial charge in [0.05, 0.1) is 12.3 Å². The van der Waals surface area contributed by atoms with Crippen molar-refractivity contribution in [2.45, 2.75) is 48.9 Å². The molecule has 0 spiro atoms. The minimum atomic E-state index is -3.81. The number of nitrogens with zero attached hydrogens (tertiary/aromatic N) is 1. The van der Waals surface area contributed by atoms with Gasteiger partial charge < -0.3 is 9.94 Å². The standard InChI is InChI=1S/C24H28N2O6S/c1-23(22(28)25-29,33(2,30)31)14-20-13-21(26-32-20)18-5-3-16(4-6-18)17-7-9-19(10-8-17)24(15-27)11-12-24/h3-10,20,27,29H,11-15H2,1-2H3,(H,25,28). The number of rotatable bonds is 8. The third-order valence-electron chi connectivity index (χ3n) is 6.96. The van der Waals surface area contributed by atoms with E-state index < -0.39 is 26.6 Å². The van der Waals surface area contributed by atoms with Crippen LogP contribution < -0.4 is 5.48 Å². The van der Waals surface area contributed by atoms with Crippen molar-refractivity contribution in [3.63, 3.8) is 0 Å². The number of hydrogen-bond donors (Lipinski definition) is 3. The average Bonchev–Trinajstić information content (AvgIpc) is 3.49. The van der Waals surface area contributed by atoms with E-state index in [-0.39, 0.29) is 18.4 Å². The summed E-state index contributed by atoms with van der Waals surface area (Å²) in [6.45, 7) is 1.45. The molecular weight excluding hydrogens is 444 g/mol. The fourth-order valence-corrected chi connectivity index (χ4v) is 5.10. The molecule has 2 unspecified atom stereocenters. The van der Waals surface area contributed by atoms with Crippen molar-refractivity contribution < 1.29 is 28.4 Å². The lowest BCUT2D eigenvalue weighted by molar-refractivity contribution is -0.132. The van der Waals surface area contributed by atoms with Crippen LogP contribution in [0.25, 0.3) is 11.1 Å². The highest BCUT2D eigenvalue weighted by molar-refractivity contribution is 7.92. The van der Waals surface area contributed by atoms with Crippen molar-refractivity contribution in [1.82, 2.24) is 5.48 Å². The first-order valence-electron chi connectivity index (χ1n) is 10.8. The van der Waals surface area contributed by atoms with Gasteiger partial charge in [-0.25, -0.2) is 13.9 Å². The van der Waals surface area contributed by atoms with Crippen LogP contribution >= 0.6 is 0 Å². The highest BCUT2D eigenvalue weighted by Crippen LogP contribution is 2.47. The molecular formula is C24H28N2O6S. The Morgan fingerprint density at radius 3 is 2.15 bits per heavy atom. The normalized spacial score (nSPS) is 21.0. The number of nitrogens with one attached hydrogen (secondary N) is 1. The second-order valence-corrected chi connectivity index (χ2v) is 11.7. The molecule has 4 rings (SSSR count). The summed E-state index contributed by atoms with van der Waals surface area (Å²) in [6, 6.07) is 16.1. The molecule has 9 heteroatoms. The Hall–Kier alpha value is -2.75. The van der Waals surface area contributed by atoms with Gasteiger partial charge >= 0.3 is 0 Å². The Labute approximate surface area is 193 Å². The van der Waals surface area contributed by atoms with Crippen LogP contribution in [0.15, 0.2) is 53.7 Å². The molecule has 176 valence electrons. The zero-order valence-electron chi connectivity index (χ0n) is 18.6. The molecule has 1 aliphatic heterocycles. The van der Waals surface area contributed by atoms with E-state index in [1.54, 1.807) is 0 Å². The molecule has 0 saturated heterocycles. The smallest absolute Gasteiger partial charge is 0.264 e. The molecule has 1 heterocycles. The lowest BCUT2D eigenvalue weighted by Crippen LogP contribution is -2.51. The van der Waals surface area contributed by atoms with Crippen molar-refractivity contribution in [2.75, 3.05) is 12.9 Å². The predicted octanol–water partition coefficient (Wildman–Crippen LogP) is 2.57. The van der Waals surface area contributed by atoms with E-state index >= 15 is 0 Å². The Kier molecular flexibility index (Phi) is 6.07. The molecule has 1 fully saturated rings. The Morgan fingerprint density at radius 1 is 1.12 bits per heavy atom. The first kappa shape index (κ1) is 23.4. The molecule has 0 radical (unpaired) electrons. The summed E-state index contributed by atoms with van der Waals surface area (Å²) in [4.78, 5) is 17.5. The van der Waals surface area contributed by atoms with E-state index in [2.05, 4.69) is 29.4 Å². The Morgan fingerprint density at radius 2 is 1.67 bits per heavy atom. The van der Waals surface area contributed by atoms with Gasteiger partial charge in [-0.05, 0) is 42.0 Å². The summed E-state index contributed by atoms with van der Waals surface area (Å²) in [5, 5.41) is 22.7. The molecule has 2 aromatic carbocycles. The number of aliphatic hydroxyl groups is 1. The predicted molar refractivity (Wildman–Crippen MR) is 124 cm³/mol. The monoisotopic (exact) mass is 472 g/mol. The fraction of sp³-hybridized carbons (Fsp3) is 0.417. The van der Waals surface area contributed by atoms with E-state index in [1.807, 2.05) is 24.3 Å². The molecule has 2 aliphatic rings. The summed E-state index contributed by atoms with van der Waals surface area (Å²) in [7, 11) is -3.81. The van der Waals surface area contributed by atoms with Crippen molar-refractivity contribution in [3.8, 4) is 11.1 Å². The molecule has 1 amide bonds. The third kappa shape index (κ3) is 4.40. The largest absolute Gasteiger partial charge is 0.395 e. The molecule has 1 saturated carbocycles. The number of aliphatic hydroxyl groups excluding tert-OH is 1. The van der Waals surface area contributed by atoms with E-state index in [9.17, 15) is 18.3 Å². The minimum absolute atomic E-state index is 0.0510. The van der Waals surface area contributed by atoms with Gasteiger partial charge in [-0.2, -0.15) is 0 Å². The van der Waals surface area contributed by atoms with Gasteiger partial charge in [0.1, 0.15) is 6.10 Å². The van der Waals surface area contributed by atoms with E-state index in [0.717, 1.165) is 35.8 Å². The second kappa shape index (κ2) is 8.55. The van der Waals surface area contributed by atoms with Gasteiger partial charge in [0.25, 0.3) is 5.91 Å². The number of amides is 1.